The molecule has 1 aliphatic rings. The van der Waals surface area contributed by atoms with Crippen molar-refractivity contribution in [2.24, 2.45) is 0 Å². The molecule has 0 atom stereocenters. The van der Waals surface area contributed by atoms with Crippen molar-refractivity contribution in [2.45, 2.75) is 20.4 Å². The van der Waals surface area contributed by atoms with Crippen molar-refractivity contribution >= 4 is 28.7 Å². The number of Topliss-reactive ketones (excluding diaryl/α,β-unsaturated/α-hetero) is 1. The molecule has 0 aliphatic carbocycles. The standard InChI is InChI=1S/C29H25NO6/c1-5-30-16-19(23-14-21(34-4)9-10-24(23)30)13-26-28(31)27-17(2)11-22(15-25(27)36-26)35-29(32)18-7-6-8-20(12-18)33-3/h6-16H,5H2,1-4H3/b26-13-. The number of aromatic nitrogens is 1. The van der Waals surface area contributed by atoms with E-state index < -0.39 is 5.97 Å². The lowest BCUT2D eigenvalue weighted by atomic mass is 10.0. The Bertz CT molecular complexity index is 1550. The van der Waals surface area contributed by atoms with Crippen molar-refractivity contribution in [3.63, 3.8) is 0 Å². The van der Waals surface area contributed by atoms with E-state index in [0.717, 1.165) is 28.8 Å². The quantitative estimate of drug-likeness (QED) is 0.195. The van der Waals surface area contributed by atoms with Gasteiger partial charge in [-0.2, -0.15) is 0 Å². The van der Waals surface area contributed by atoms with E-state index >= 15 is 0 Å². The Balaban J connectivity index is 1.46. The number of hydrogen-bond donors (Lipinski definition) is 0. The van der Waals surface area contributed by atoms with Gasteiger partial charge in [-0.1, -0.05) is 6.07 Å². The normalized spacial score (nSPS) is 13.6. The van der Waals surface area contributed by atoms with E-state index in [1.807, 2.05) is 24.4 Å². The third-order valence-corrected chi connectivity index (χ3v) is 6.21. The van der Waals surface area contributed by atoms with Crippen LogP contribution in [0.5, 0.6) is 23.0 Å². The van der Waals surface area contributed by atoms with Crippen LogP contribution in [0.25, 0.3) is 17.0 Å². The number of carbonyl (C=O) groups excluding carboxylic acids is 2. The fourth-order valence-corrected chi connectivity index (χ4v) is 4.40. The minimum Gasteiger partial charge on any atom is -0.497 e. The number of hydrogen-bond acceptors (Lipinski definition) is 6. The van der Waals surface area contributed by atoms with Crippen LogP contribution in [-0.2, 0) is 6.54 Å². The summed E-state index contributed by atoms with van der Waals surface area (Å²) in [5.74, 6) is 1.40. The molecule has 3 aromatic carbocycles. The molecule has 36 heavy (non-hydrogen) atoms. The number of benzene rings is 3. The van der Waals surface area contributed by atoms with Crippen molar-refractivity contribution in [1.29, 1.82) is 0 Å². The topological polar surface area (TPSA) is 76.0 Å². The molecule has 5 rings (SSSR count). The molecule has 1 aromatic heterocycles. The molecule has 7 nitrogen and oxygen atoms in total. The summed E-state index contributed by atoms with van der Waals surface area (Å²) in [7, 11) is 3.15. The third-order valence-electron chi connectivity index (χ3n) is 6.21. The minimum absolute atomic E-state index is 0.211. The Hall–Kier alpha value is -4.52. The van der Waals surface area contributed by atoms with Crippen LogP contribution in [0, 0.1) is 6.92 Å². The largest absolute Gasteiger partial charge is 0.497 e. The number of ether oxygens (including phenoxy) is 4. The Kier molecular flexibility index (Phi) is 5.98. The van der Waals surface area contributed by atoms with Crippen molar-refractivity contribution in [1.82, 2.24) is 4.57 Å². The van der Waals surface area contributed by atoms with Crippen LogP contribution in [0.15, 0.2) is 66.6 Å². The van der Waals surface area contributed by atoms with Gasteiger partial charge in [0.1, 0.15) is 23.0 Å². The lowest BCUT2D eigenvalue weighted by Gasteiger charge is -2.08. The number of carbonyl (C=O) groups is 2. The van der Waals surface area contributed by atoms with Crippen LogP contribution < -0.4 is 18.9 Å². The fourth-order valence-electron chi connectivity index (χ4n) is 4.40. The second kappa shape index (κ2) is 9.26. The fraction of sp³-hybridized carbons (Fsp3) is 0.172. The van der Waals surface area contributed by atoms with Gasteiger partial charge in [0.2, 0.25) is 5.78 Å². The highest BCUT2D eigenvalue weighted by Crippen LogP contribution is 2.38. The van der Waals surface area contributed by atoms with Crippen LogP contribution in [-0.4, -0.2) is 30.5 Å². The van der Waals surface area contributed by atoms with E-state index in [4.69, 9.17) is 18.9 Å². The SMILES string of the molecule is CCn1cc(/C=C2\Oc3cc(OC(=O)c4cccc(OC)c4)cc(C)c3C2=O)c2cc(OC)ccc21. The second-order valence-corrected chi connectivity index (χ2v) is 8.43. The summed E-state index contributed by atoms with van der Waals surface area (Å²) in [5, 5.41) is 0.959. The highest BCUT2D eigenvalue weighted by molar-refractivity contribution is 6.16. The Morgan fingerprint density at radius 2 is 1.78 bits per heavy atom. The number of rotatable bonds is 6. The first kappa shape index (κ1) is 23.2. The van der Waals surface area contributed by atoms with Crippen molar-refractivity contribution in [3.05, 3.63) is 88.8 Å². The minimum atomic E-state index is -0.533. The highest BCUT2D eigenvalue weighted by atomic mass is 16.5. The number of methoxy groups -OCH3 is 2. The molecule has 0 fully saturated rings. The number of nitrogens with zero attached hydrogens (tertiary/aromatic N) is 1. The highest BCUT2D eigenvalue weighted by Gasteiger charge is 2.31. The predicted molar refractivity (Wildman–Crippen MR) is 136 cm³/mol. The summed E-state index contributed by atoms with van der Waals surface area (Å²) in [6, 6.07) is 15.8. The lowest BCUT2D eigenvalue weighted by molar-refractivity contribution is 0.0734. The van der Waals surface area contributed by atoms with Crippen LogP contribution >= 0.6 is 0 Å². The average molecular weight is 484 g/mol. The molecule has 0 amide bonds. The summed E-state index contributed by atoms with van der Waals surface area (Å²) in [4.78, 5) is 25.9. The van der Waals surface area contributed by atoms with Gasteiger partial charge in [0, 0.05) is 35.3 Å². The van der Waals surface area contributed by atoms with Gasteiger partial charge in [0.15, 0.2) is 5.76 Å². The molecule has 0 saturated carbocycles. The zero-order valence-electron chi connectivity index (χ0n) is 20.5. The smallest absolute Gasteiger partial charge is 0.343 e. The summed E-state index contributed by atoms with van der Waals surface area (Å²) < 4.78 is 24.2. The number of allylic oxidation sites excluding steroid dienone is 1. The van der Waals surface area contributed by atoms with Crippen LogP contribution in [0.1, 0.15) is 38.8 Å². The Labute approximate surface area is 208 Å². The molecule has 0 bridgehead atoms. The van der Waals surface area contributed by atoms with E-state index in [1.165, 1.54) is 7.11 Å². The molecule has 0 radical (unpaired) electrons. The Morgan fingerprint density at radius 3 is 2.53 bits per heavy atom. The molecule has 182 valence electrons. The molecule has 0 N–H and O–H groups in total. The van der Waals surface area contributed by atoms with Gasteiger partial charge in [-0.3, -0.25) is 4.79 Å². The average Bonchev–Trinajstić information content (AvgIpc) is 3.40. The van der Waals surface area contributed by atoms with Crippen molar-refractivity contribution in [2.75, 3.05) is 14.2 Å². The van der Waals surface area contributed by atoms with Gasteiger partial charge in [-0.25, -0.2) is 4.79 Å². The third kappa shape index (κ3) is 4.09. The molecule has 7 heteroatoms. The molecule has 0 unspecified atom stereocenters. The monoisotopic (exact) mass is 483 g/mol. The molecular weight excluding hydrogens is 458 g/mol. The molecular formula is C29H25NO6. The zero-order chi connectivity index (χ0) is 25.4. The number of fused-ring (bicyclic) bond motifs is 2. The van der Waals surface area contributed by atoms with Gasteiger partial charge < -0.3 is 23.5 Å². The van der Waals surface area contributed by atoms with E-state index in [0.29, 0.717) is 33.9 Å². The van der Waals surface area contributed by atoms with Gasteiger partial charge in [-0.05, 0) is 68.0 Å². The van der Waals surface area contributed by atoms with Gasteiger partial charge in [-0.15, -0.1) is 0 Å². The molecule has 1 aliphatic heterocycles. The maximum Gasteiger partial charge on any atom is 0.343 e. The van der Waals surface area contributed by atoms with E-state index in [9.17, 15) is 9.59 Å². The van der Waals surface area contributed by atoms with E-state index in [1.54, 1.807) is 56.5 Å². The van der Waals surface area contributed by atoms with Gasteiger partial charge in [0.25, 0.3) is 0 Å². The first-order chi connectivity index (χ1) is 17.4. The molecule has 0 saturated heterocycles. The first-order valence-electron chi connectivity index (χ1n) is 11.5. The number of aryl methyl sites for hydroxylation is 2. The molecule has 0 spiro atoms. The number of ketones is 1. The van der Waals surface area contributed by atoms with Crippen molar-refractivity contribution < 1.29 is 28.5 Å². The van der Waals surface area contributed by atoms with Crippen LogP contribution in [0.3, 0.4) is 0 Å². The van der Waals surface area contributed by atoms with E-state index in [-0.39, 0.29) is 11.5 Å². The molecule has 2 heterocycles. The Morgan fingerprint density at radius 1 is 1.00 bits per heavy atom. The summed E-state index contributed by atoms with van der Waals surface area (Å²) in [6.45, 7) is 4.63. The second-order valence-electron chi connectivity index (χ2n) is 8.43. The summed E-state index contributed by atoms with van der Waals surface area (Å²) in [5.41, 5.74) is 3.36. The van der Waals surface area contributed by atoms with Crippen LogP contribution in [0.2, 0.25) is 0 Å². The maximum atomic E-state index is 13.2. The van der Waals surface area contributed by atoms with Crippen molar-refractivity contribution in [3.8, 4) is 23.0 Å². The lowest BCUT2D eigenvalue weighted by Crippen LogP contribution is -2.09. The summed E-state index contributed by atoms with van der Waals surface area (Å²) >= 11 is 0. The van der Waals surface area contributed by atoms with Gasteiger partial charge in [0.05, 0.1) is 25.3 Å². The zero-order valence-corrected chi connectivity index (χ0v) is 20.5. The van der Waals surface area contributed by atoms with Crippen LogP contribution in [0.4, 0.5) is 0 Å². The maximum absolute atomic E-state index is 13.2. The van der Waals surface area contributed by atoms with E-state index in [2.05, 4.69) is 11.5 Å². The first-order valence-corrected chi connectivity index (χ1v) is 11.5. The summed E-state index contributed by atoms with van der Waals surface area (Å²) in [6.07, 6.45) is 3.74. The number of esters is 1. The molecule has 4 aromatic rings. The van der Waals surface area contributed by atoms with Gasteiger partial charge >= 0.3 is 5.97 Å². The predicted octanol–water partition coefficient (Wildman–Crippen LogP) is 5.82.